The number of carbonyl (C=O) groups excluding carboxylic acids is 2. The number of esters is 1. The Kier molecular flexibility index (Phi) is 7.31. The lowest BCUT2D eigenvalue weighted by molar-refractivity contribution is 0.0526. The van der Waals surface area contributed by atoms with Crippen LogP contribution in [0.3, 0.4) is 0 Å². The minimum Gasteiger partial charge on any atom is -0.462 e. The minimum absolute atomic E-state index is 0.108. The van der Waals surface area contributed by atoms with Crippen LogP contribution in [0.25, 0.3) is 0 Å². The summed E-state index contributed by atoms with van der Waals surface area (Å²) >= 11 is 9.07. The Morgan fingerprint density at radius 2 is 2.11 bits per heavy atom. The monoisotopic (exact) mass is 439 g/mol. The molecule has 1 N–H and O–H groups in total. The number of hydrogen-bond donors (Lipinski definition) is 1. The van der Waals surface area contributed by atoms with Crippen molar-refractivity contribution in [1.82, 2.24) is 9.97 Å². The van der Waals surface area contributed by atoms with Gasteiger partial charge in [-0.25, -0.2) is 14.8 Å². The van der Waals surface area contributed by atoms with Gasteiger partial charge in [-0.15, -0.1) is 11.3 Å². The van der Waals surface area contributed by atoms with Crippen molar-refractivity contribution in [3.8, 4) is 0 Å². The number of nitrogens with zero attached hydrogens (tertiary/aromatic N) is 2. The molecule has 0 bridgehead atoms. The van der Waals surface area contributed by atoms with E-state index in [1.54, 1.807) is 6.92 Å². The lowest BCUT2D eigenvalue weighted by atomic mass is 9.95. The molecule has 0 saturated heterocycles. The van der Waals surface area contributed by atoms with Crippen LogP contribution in [0.15, 0.2) is 11.4 Å². The number of halogens is 1. The molecule has 1 aliphatic carbocycles. The molecule has 2 heterocycles. The van der Waals surface area contributed by atoms with E-state index >= 15 is 0 Å². The van der Waals surface area contributed by atoms with Gasteiger partial charge in [-0.1, -0.05) is 30.3 Å². The van der Waals surface area contributed by atoms with Crippen molar-refractivity contribution in [3.63, 3.8) is 0 Å². The molecule has 0 saturated carbocycles. The summed E-state index contributed by atoms with van der Waals surface area (Å²) in [6, 6.07) is 0. The standard InChI is InChI=1S/C19H22ClN3O3S2/c1-3-9-27-19-21-10-12(20)15(22-19)16(24)23-17-14(18(25)26-4-2)11-7-5-6-8-13(11)28-17/h10H,3-9H2,1-2H3,(H,23,24). The van der Waals surface area contributed by atoms with E-state index in [4.69, 9.17) is 16.3 Å². The van der Waals surface area contributed by atoms with Gasteiger partial charge in [0.05, 0.1) is 23.4 Å². The van der Waals surface area contributed by atoms with Crippen molar-refractivity contribution in [3.05, 3.63) is 32.9 Å². The van der Waals surface area contributed by atoms with E-state index in [2.05, 4.69) is 22.2 Å². The number of aromatic nitrogens is 2. The number of fused-ring (bicyclic) bond motifs is 1. The van der Waals surface area contributed by atoms with Crippen LogP contribution in [0, 0.1) is 0 Å². The second kappa shape index (κ2) is 9.71. The number of carbonyl (C=O) groups is 2. The van der Waals surface area contributed by atoms with Crippen molar-refractivity contribution in [1.29, 1.82) is 0 Å². The second-order valence-corrected chi connectivity index (χ2v) is 8.86. The molecule has 0 spiro atoms. The van der Waals surface area contributed by atoms with Crippen molar-refractivity contribution in [2.45, 2.75) is 51.1 Å². The fraction of sp³-hybridized carbons (Fsp3) is 0.474. The maximum atomic E-state index is 12.9. The van der Waals surface area contributed by atoms with Gasteiger partial charge in [0.2, 0.25) is 0 Å². The fourth-order valence-electron chi connectivity index (χ4n) is 3.01. The van der Waals surface area contributed by atoms with Crippen molar-refractivity contribution in [2.24, 2.45) is 0 Å². The molecule has 2 aromatic heterocycles. The number of hydrogen-bond acceptors (Lipinski definition) is 7. The molecule has 0 aromatic carbocycles. The molecule has 1 amide bonds. The zero-order chi connectivity index (χ0) is 20.1. The number of ether oxygens (including phenoxy) is 1. The van der Waals surface area contributed by atoms with Crippen LogP contribution in [-0.2, 0) is 17.6 Å². The van der Waals surface area contributed by atoms with Crippen molar-refractivity contribution < 1.29 is 14.3 Å². The predicted molar refractivity (Wildman–Crippen MR) is 113 cm³/mol. The van der Waals surface area contributed by atoms with Gasteiger partial charge < -0.3 is 10.1 Å². The maximum Gasteiger partial charge on any atom is 0.341 e. The Balaban J connectivity index is 1.90. The van der Waals surface area contributed by atoms with E-state index in [1.165, 1.54) is 29.3 Å². The van der Waals surface area contributed by atoms with E-state index in [1.807, 2.05) is 0 Å². The molecule has 9 heteroatoms. The van der Waals surface area contributed by atoms with E-state index in [0.29, 0.717) is 15.7 Å². The number of nitrogens with one attached hydrogen (secondary N) is 1. The fourth-order valence-corrected chi connectivity index (χ4v) is 5.13. The maximum absolute atomic E-state index is 12.9. The van der Waals surface area contributed by atoms with E-state index in [-0.39, 0.29) is 17.3 Å². The average molecular weight is 440 g/mol. The number of rotatable bonds is 7. The van der Waals surface area contributed by atoms with Gasteiger partial charge in [-0.05, 0) is 44.6 Å². The molecule has 1 aliphatic rings. The van der Waals surface area contributed by atoms with Crippen LogP contribution < -0.4 is 5.32 Å². The summed E-state index contributed by atoms with van der Waals surface area (Å²) in [6.45, 7) is 4.11. The molecular weight excluding hydrogens is 418 g/mol. The third-order valence-electron chi connectivity index (χ3n) is 4.25. The average Bonchev–Trinajstić information content (AvgIpc) is 3.05. The molecular formula is C19H22ClN3O3S2. The lowest BCUT2D eigenvalue weighted by Crippen LogP contribution is -2.17. The first-order chi connectivity index (χ1) is 13.5. The van der Waals surface area contributed by atoms with Crippen molar-refractivity contribution >= 4 is 51.6 Å². The Morgan fingerprint density at radius 1 is 1.32 bits per heavy atom. The first-order valence-corrected chi connectivity index (χ1v) is 11.5. The van der Waals surface area contributed by atoms with Gasteiger partial charge in [0.15, 0.2) is 10.9 Å². The van der Waals surface area contributed by atoms with Gasteiger partial charge in [0.1, 0.15) is 5.00 Å². The zero-order valence-electron chi connectivity index (χ0n) is 15.8. The number of amides is 1. The molecule has 2 aromatic rings. The molecule has 0 unspecified atom stereocenters. The summed E-state index contributed by atoms with van der Waals surface area (Å²) in [6.07, 6.45) is 6.25. The lowest BCUT2D eigenvalue weighted by Gasteiger charge is -2.12. The summed E-state index contributed by atoms with van der Waals surface area (Å²) in [4.78, 5) is 35.0. The molecule has 0 radical (unpaired) electrons. The molecule has 28 heavy (non-hydrogen) atoms. The number of thioether (sulfide) groups is 1. The Bertz CT molecular complexity index is 886. The summed E-state index contributed by atoms with van der Waals surface area (Å²) in [5, 5.41) is 4.03. The Hall–Kier alpha value is -1.64. The third-order valence-corrected chi connectivity index (χ3v) is 6.80. The molecule has 3 rings (SSSR count). The normalized spacial score (nSPS) is 13.1. The SMILES string of the molecule is CCCSc1ncc(Cl)c(C(=O)Nc2sc3c(c2C(=O)OCC)CCCC3)n1. The van der Waals surface area contributed by atoms with E-state index < -0.39 is 11.9 Å². The van der Waals surface area contributed by atoms with Crippen LogP contribution in [0.2, 0.25) is 5.02 Å². The number of anilines is 1. The van der Waals surface area contributed by atoms with Crippen LogP contribution in [0.1, 0.15) is 64.4 Å². The summed E-state index contributed by atoms with van der Waals surface area (Å²) in [5.41, 5.74) is 1.58. The molecule has 0 aliphatic heterocycles. The van der Waals surface area contributed by atoms with E-state index in [9.17, 15) is 9.59 Å². The molecule has 150 valence electrons. The minimum atomic E-state index is -0.449. The van der Waals surface area contributed by atoms with Gasteiger partial charge in [-0.3, -0.25) is 4.79 Å². The Morgan fingerprint density at radius 3 is 2.86 bits per heavy atom. The highest BCUT2D eigenvalue weighted by molar-refractivity contribution is 7.99. The number of aryl methyl sites for hydroxylation is 1. The molecule has 6 nitrogen and oxygen atoms in total. The second-order valence-electron chi connectivity index (χ2n) is 6.29. The summed E-state index contributed by atoms with van der Waals surface area (Å²) < 4.78 is 5.23. The van der Waals surface area contributed by atoms with Crippen LogP contribution in [0.5, 0.6) is 0 Å². The molecule has 0 atom stereocenters. The van der Waals surface area contributed by atoms with Crippen molar-refractivity contribution in [2.75, 3.05) is 17.7 Å². The van der Waals surface area contributed by atoms with E-state index in [0.717, 1.165) is 48.3 Å². The zero-order valence-corrected chi connectivity index (χ0v) is 18.2. The number of thiophene rings is 1. The predicted octanol–water partition coefficient (Wildman–Crippen LogP) is 5.00. The summed E-state index contributed by atoms with van der Waals surface area (Å²) in [5.74, 6) is 0.00735. The van der Waals surface area contributed by atoms with Gasteiger partial charge >= 0.3 is 5.97 Å². The van der Waals surface area contributed by atoms with Gasteiger partial charge in [0, 0.05) is 10.6 Å². The topological polar surface area (TPSA) is 81.2 Å². The highest BCUT2D eigenvalue weighted by Gasteiger charge is 2.28. The first-order valence-electron chi connectivity index (χ1n) is 9.33. The highest BCUT2D eigenvalue weighted by Crippen LogP contribution is 2.39. The van der Waals surface area contributed by atoms with Crippen LogP contribution in [0.4, 0.5) is 5.00 Å². The van der Waals surface area contributed by atoms with Gasteiger partial charge in [0.25, 0.3) is 5.91 Å². The first kappa shape index (κ1) is 21.1. The Labute approximate surface area is 177 Å². The third kappa shape index (κ3) is 4.67. The largest absolute Gasteiger partial charge is 0.462 e. The highest BCUT2D eigenvalue weighted by atomic mass is 35.5. The molecule has 0 fully saturated rings. The van der Waals surface area contributed by atoms with Crippen LogP contribution in [-0.4, -0.2) is 34.2 Å². The summed E-state index contributed by atoms with van der Waals surface area (Å²) in [7, 11) is 0. The van der Waals surface area contributed by atoms with Crippen LogP contribution >= 0.6 is 34.7 Å². The quantitative estimate of drug-likeness (QED) is 0.371. The van der Waals surface area contributed by atoms with Gasteiger partial charge in [-0.2, -0.15) is 0 Å². The smallest absolute Gasteiger partial charge is 0.341 e.